The van der Waals surface area contributed by atoms with Crippen LogP contribution in [-0.4, -0.2) is 52.5 Å². The molecule has 0 aliphatic rings. The Labute approximate surface area is 167 Å². The summed E-state index contributed by atoms with van der Waals surface area (Å²) in [6, 6.07) is 4.52. The fourth-order valence-electron chi connectivity index (χ4n) is 2.52. The first-order valence-electron chi connectivity index (χ1n) is 9.45. The van der Waals surface area contributed by atoms with Crippen molar-refractivity contribution in [3.63, 3.8) is 0 Å². The normalized spacial score (nSPS) is 12.3. The number of aliphatic imine (C=N–C) groups is 1. The summed E-state index contributed by atoms with van der Waals surface area (Å²) in [5, 5.41) is 7.02. The van der Waals surface area contributed by atoms with Crippen molar-refractivity contribution in [1.29, 1.82) is 0 Å². The van der Waals surface area contributed by atoms with Crippen LogP contribution in [-0.2, 0) is 14.9 Å². The molecule has 0 heterocycles. The highest BCUT2D eigenvalue weighted by molar-refractivity contribution is 6.31. The van der Waals surface area contributed by atoms with Crippen LogP contribution < -0.4 is 10.6 Å². The number of hydrogen-bond acceptors (Lipinski definition) is 3. The monoisotopic (exact) mass is 401 g/mol. The van der Waals surface area contributed by atoms with Crippen LogP contribution >= 0.6 is 11.6 Å². The molecule has 7 heteroatoms. The van der Waals surface area contributed by atoms with Gasteiger partial charge in [-0.2, -0.15) is 0 Å². The molecule has 0 aliphatic carbocycles. The van der Waals surface area contributed by atoms with Gasteiger partial charge in [0.2, 0.25) is 0 Å². The molecule has 154 valence electrons. The number of benzene rings is 1. The summed E-state index contributed by atoms with van der Waals surface area (Å²) in [5.74, 6) is 0.438. The largest absolute Gasteiger partial charge is 0.382 e. The lowest BCUT2D eigenvalue weighted by Gasteiger charge is -2.25. The summed E-state index contributed by atoms with van der Waals surface area (Å²) in [5.41, 5.74) is 0.584. The van der Waals surface area contributed by atoms with Crippen molar-refractivity contribution < 1.29 is 13.9 Å². The quantitative estimate of drug-likeness (QED) is 0.318. The highest BCUT2D eigenvalue weighted by Crippen LogP contribution is 2.30. The molecule has 0 fully saturated rings. The number of unbranched alkanes of at least 4 members (excludes halogenated alkanes) is 1. The summed E-state index contributed by atoms with van der Waals surface area (Å²) >= 11 is 6.21. The SMILES string of the molecule is CCNC(=NCC(C)(C)c1ccc(F)cc1Cl)NCCCCOCCOC. The molecule has 27 heavy (non-hydrogen) atoms. The molecule has 1 aromatic carbocycles. The van der Waals surface area contributed by atoms with E-state index in [0.717, 1.165) is 44.1 Å². The Morgan fingerprint density at radius 2 is 1.96 bits per heavy atom. The van der Waals surface area contributed by atoms with Gasteiger partial charge >= 0.3 is 0 Å². The van der Waals surface area contributed by atoms with E-state index in [2.05, 4.69) is 29.5 Å². The third kappa shape index (κ3) is 9.40. The first-order valence-corrected chi connectivity index (χ1v) is 9.83. The molecule has 0 unspecified atom stereocenters. The van der Waals surface area contributed by atoms with E-state index in [0.29, 0.717) is 24.8 Å². The second-order valence-electron chi connectivity index (χ2n) is 6.94. The van der Waals surface area contributed by atoms with Gasteiger partial charge in [-0.3, -0.25) is 4.99 Å². The number of nitrogens with one attached hydrogen (secondary N) is 2. The average molecular weight is 402 g/mol. The molecule has 0 saturated heterocycles. The lowest BCUT2D eigenvalue weighted by Crippen LogP contribution is -2.39. The number of ether oxygens (including phenoxy) is 2. The second kappa shape index (κ2) is 12.9. The van der Waals surface area contributed by atoms with Gasteiger partial charge in [0.15, 0.2) is 5.96 Å². The van der Waals surface area contributed by atoms with Crippen molar-refractivity contribution in [2.45, 2.75) is 39.0 Å². The summed E-state index contributed by atoms with van der Waals surface area (Å²) in [6.45, 7) is 10.3. The van der Waals surface area contributed by atoms with Crippen molar-refractivity contribution in [2.75, 3.05) is 46.6 Å². The van der Waals surface area contributed by atoms with Gasteiger partial charge in [-0.1, -0.05) is 31.5 Å². The maximum Gasteiger partial charge on any atom is 0.191 e. The zero-order chi connectivity index (χ0) is 20.1. The molecular formula is C20H33ClFN3O2. The Bertz CT molecular complexity index is 582. The van der Waals surface area contributed by atoms with Crippen molar-refractivity contribution >= 4 is 17.6 Å². The number of hydrogen-bond donors (Lipinski definition) is 2. The molecule has 0 saturated carbocycles. The fourth-order valence-corrected chi connectivity index (χ4v) is 2.95. The van der Waals surface area contributed by atoms with Crippen LogP contribution in [0.3, 0.4) is 0 Å². The molecule has 0 radical (unpaired) electrons. The first kappa shape index (κ1) is 23.7. The highest BCUT2D eigenvalue weighted by Gasteiger charge is 2.23. The van der Waals surface area contributed by atoms with E-state index >= 15 is 0 Å². The van der Waals surface area contributed by atoms with Gasteiger partial charge in [0.25, 0.3) is 0 Å². The molecule has 0 bridgehead atoms. The minimum Gasteiger partial charge on any atom is -0.382 e. The Kier molecular flexibility index (Phi) is 11.3. The molecular weight excluding hydrogens is 369 g/mol. The van der Waals surface area contributed by atoms with Gasteiger partial charge < -0.3 is 20.1 Å². The van der Waals surface area contributed by atoms with Gasteiger partial charge in [-0.05, 0) is 37.5 Å². The number of halogens is 2. The van der Waals surface area contributed by atoms with Crippen LogP contribution in [0.4, 0.5) is 4.39 Å². The third-order valence-corrected chi connectivity index (χ3v) is 4.39. The maximum atomic E-state index is 13.3. The molecule has 0 atom stereocenters. The van der Waals surface area contributed by atoms with E-state index in [9.17, 15) is 4.39 Å². The van der Waals surface area contributed by atoms with E-state index < -0.39 is 0 Å². The lowest BCUT2D eigenvalue weighted by molar-refractivity contribution is 0.0689. The minimum atomic E-state index is -0.329. The molecule has 5 nitrogen and oxygen atoms in total. The Balaban J connectivity index is 2.49. The second-order valence-corrected chi connectivity index (χ2v) is 7.35. The molecule has 0 aliphatic heterocycles. The van der Waals surface area contributed by atoms with Crippen LogP contribution in [0.2, 0.25) is 5.02 Å². The minimum absolute atomic E-state index is 0.303. The van der Waals surface area contributed by atoms with E-state index in [4.69, 9.17) is 21.1 Å². The van der Waals surface area contributed by atoms with E-state index in [1.165, 1.54) is 12.1 Å². The number of rotatable bonds is 12. The summed E-state index contributed by atoms with van der Waals surface area (Å²) in [7, 11) is 1.67. The molecule has 0 spiro atoms. The van der Waals surface area contributed by atoms with Crippen LogP contribution in [0.15, 0.2) is 23.2 Å². The molecule has 1 rings (SSSR count). The zero-order valence-electron chi connectivity index (χ0n) is 16.9. The van der Waals surface area contributed by atoms with Crippen molar-refractivity contribution in [3.05, 3.63) is 34.6 Å². The van der Waals surface area contributed by atoms with Gasteiger partial charge in [-0.25, -0.2) is 4.39 Å². The smallest absolute Gasteiger partial charge is 0.191 e. The predicted octanol–water partition coefficient (Wildman–Crippen LogP) is 3.76. The van der Waals surface area contributed by atoms with Gasteiger partial charge in [0.05, 0.1) is 19.8 Å². The van der Waals surface area contributed by atoms with Crippen LogP contribution in [0.5, 0.6) is 0 Å². The van der Waals surface area contributed by atoms with Crippen LogP contribution in [0.25, 0.3) is 0 Å². The number of methoxy groups -OCH3 is 1. The first-order chi connectivity index (χ1) is 12.9. The van der Waals surface area contributed by atoms with Crippen molar-refractivity contribution in [3.8, 4) is 0 Å². The topological polar surface area (TPSA) is 54.9 Å². The number of nitrogens with zero attached hydrogens (tertiary/aromatic N) is 1. The summed E-state index contributed by atoms with van der Waals surface area (Å²) in [4.78, 5) is 4.68. The van der Waals surface area contributed by atoms with E-state index in [-0.39, 0.29) is 11.2 Å². The lowest BCUT2D eigenvalue weighted by atomic mass is 9.84. The summed E-state index contributed by atoms with van der Waals surface area (Å²) < 4.78 is 23.7. The van der Waals surface area contributed by atoms with E-state index in [1.54, 1.807) is 13.2 Å². The van der Waals surface area contributed by atoms with Crippen molar-refractivity contribution in [2.24, 2.45) is 4.99 Å². The van der Waals surface area contributed by atoms with Gasteiger partial charge in [0.1, 0.15) is 5.82 Å². The Morgan fingerprint density at radius 1 is 1.19 bits per heavy atom. The van der Waals surface area contributed by atoms with Gasteiger partial charge in [0, 0.05) is 37.2 Å². The zero-order valence-corrected chi connectivity index (χ0v) is 17.7. The van der Waals surface area contributed by atoms with E-state index in [1.807, 2.05) is 6.92 Å². The third-order valence-electron chi connectivity index (χ3n) is 4.08. The summed E-state index contributed by atoms with van der Waals surface area (Å²) in [6.07, 6.45) is 1.97. The fraction of sp³-hybridized carbons (Fsp3) is 0.650. The standard InChI is InChI=1S/C20H33ClFN3O2/c1-5-23-19(24-10-6-7-11-27-13-12-26-4)25-15-20(2,3)17-9-8-16(22)14-18(17)21/h8-9,14H,5-7,10-13,15H2,1-4H3,(H2,23,24,25). The van der Waals surface area contributed by atoms with Crippen LogP contribution in [0, 0.1) is 5.82 Å². The average Bonchev–Trinajstić information content (AvgIpc) is 2.61. The van der Waals surface area contributed by atoms with Gasteiger partial charge in [-0.15, -0.1) is 0 Å². The highest BCUT2D eigenvalue weighted by atomic mass is 35.5. The molecule has 0 aromatic heterocycles. The van der Waals surface area contributed by atoms with Crippen molar-refractivity contribution in [1.82, 2.24) is 10.6 Å². The number of guanidine groups is 1. The molecule has 1 aromatic rings. The Morgan fingerprint density at radius 3 is 2.63 bits per heavy atom. The molecule has 2 N–H and O–H groups in total. The predicted molar refractivity (Wildman–Crippen MR) is 110 cm³/mol. The molecule has 0 amide bonds. The van der Waals surface area contributed by atoms with Crippen LogP contribution in [0.1, 0.15) is 39.2 Å². The Hall–Kier alpha value is -1.37. The maximum absolute atomic E-state index is 13.3.